The number of ether oxygens (including phenoxy) is 3. The zero-order chi connectivity index (χ0) is 25.2. The van der Waals surface area contributed by atoms with Crippen molar-refractivity contribution in [1.82, 2.24) is 0 Å². The highest BCUT2D eigenvalue weighted by atomic mass is 32.2. The summed E-state index contributed by atoms with van der Waals surface area (Å²) < 4.78 is 44.7. The van der Waals surface area contributed by atoms with Gasteiger partial charge in [0.25, 0.3) is 15.9 Å². The maximum absolute atomic E-state index is 13.5. The van der Waals surface area contributed by atoms with E-state index in [1.165, 1.54) is 18.5 Å². The normalized spacial score (nSPS) is 14.2. The van der Waals surface area contributed by atoms with Crippen LogP contribution in [0, 0.1) is 0 Å². The Balaban J connectivity index is 1.67. The highest BCUT2D eigenvalue weighted by Crippen LogP contribution is 2.45. The van der Waals surface area contributed by atoms with Crippen LogP contribution in [0.1, 0.15) is 19.4 Å². The Morgan fingerprint density at radius 2 is 1.51 bits per heavy atom. The molecule has 8 nitrogen and oxygen atoms in total. The van der Waals surface area contributed by atoms with Crippen LogP contribution in [0.4, 0.5) is 11.4 Å². The Hall–Kier alpha value is -3.98. The standard InChI is InChI=1S/C26H26N2O6S/c1-5-28-22-16-24(33-4)23(32-3)15-21(22)17(2)25(35(28,30)31)26(29)27-18-11-13-20(14-12-18)34-19-9-7-6-8-10-19/h6-16H,5H2,1-4H3,(H,27,29). The number of carbonyl (C=O) groups is 1. The average Bonchev–Trinajstić information content (AvgIpc) is 2.85. The second kappa shape index (κ2) is 9.71. The Bertz CT molecular complexity index is 1380. The van der Waals surface area contributed by atoms with Crippen molar-refractivity contribution in [3.63, 3.8) is 0 Å². The summed E-state index contributed by atoms with van der Waals surface area (Å²) in [6, 6.07) is 19.3. The molecule has 0 fully saturated rings. The highest BCUT2D eigenvalue weighted by molar-refractivity contribution is 7.97. The van der Waals surface area contributed by atoms with Crippen LogP contribution in [0.2, 0.25) is 0 Å². The van der Waals surface area contributed by atoms with E-state index in [2.05, 4.69) is 5.32 Å². The Morgan fingerprint density at radius 3 is 2.11 bits per heavy atom. The van der Waals surface area contributed by atoms with Crippen LogP contribution in [0.25, 0.3) is 5.57 Å². The third kappa shape index (κ3) is 4.54. The summed E-state index contributed by atoms with van der Waals surface area (Å²) in [5.41, 5.74) is 1.77. The number of anilines is 2. The minimum atomic E-state index is -4.11. The lowest BCUT2D eigenvalue weighted by Gasteiger charge is -2.32. The number of carbonyl (C=O) groups excluding carboxylic acids is 1. The summed E-state index contributed by atoms with van der Waals surface area (Å²) in [7, 11) is -1.13. The second-order valence-corrected chi connectivity index (χ2v) is 9.54. The molecule has 1 amide bonds. The smallest absolute Gasteiger partial charge is 0.270 e. The summed E-state index contributed by atoms with van der Waals surface area (Å²) in [6.07, 6.45) is 0. The lowest BCUT2D eigenvalue weighted by atomic mass is 10.0. The topological polar surface area (TPSA) is 94.2 Å². The van der Waals surface area contributed by atoms with Gasteiger partial charge in [-0.15, -0.1) is 0 Å². The first kappa shape index (κ1) is 24.2. The van der Waals surface area contributed by atoms with Crippen molar-refractivity contribution in [3.8, 4) is 23.0 Å². The molecule has 3 aromatic carbocycles. The van der Waals surface area contributed by atoms with Gasteiger partial charge in [0.05, 0.1) is 19.9 Å². The predicted octanol–water partition coefficient (Wildman–Crippen LogP) is 5.04. The van der Waals surface area contributed by atoms with Gasteiger partial charge < -0.3 is 19.5 Å². The van der Waals surface area contributed by atoms with E-state index >= 15 is 0 Å². The van der Waals surface area contributed by atoms with E-state index in [1.54, 1.807) is 50.2 Å². The molecule has 3 aromatic rings. The molecule has 4 rings (SSSR count). The monoisotopic (exact) mass is 494 g/mol. The van der Waals surface area contributed by atoms with Gasteiger partial charge in [-0.2, -0.15) is 0 Å². The maximum atomic E-state index is 13.5. The van der Waals surface area contributed by atoms with Crippen molar-refractivity contribution in [2.75, 3.05) is 30.4 Å². The van der Waals surface area contributed by atoms with Crippen LogP contribution in [0.3, 0.4) is 0 Å². The predicted molar refractivity (Wildman–Crippen MR) is 136 cm³/mol. The van der Waals surface area contributed by atoms with Crippen molar-refractivity contribution in [2.45, 2.75) is 13.8 Å². The molecule has 0 saturated heterocycles. The molecular weight excluding hydrogens is 468 g/mol. The molecule has 0 aromatic heterocycles. The largest absolute Gasteiger partial charge is 0.493 e. The first-order valence-corrected chi connectivity index (χ1v) is 12.4. The summed E-state index contributed by atoms with van der Waals surface area (Å²) in [5.74, 6) is 1.39. The third-order valence-electron chi connectivity index (χ3n) is 5.65. The Kier molecular flexibility index (Phi) is 6.70. The molecule has 0 aliphatic carbocycles. The van der Waals surface area contributed by atoms with Gasteiger partial charge in [0.2, 0.25) is 0 Å². The molecule has 182 valence electrons. The molecule has 0 atom stereocenters. The molecule has 0 spiro atoms. The molecule has 1 aliphatic rings. The lowest BCUT2D eigenvalue weighted by molar-refractivity contribution is -0.112. The fourth-order valence-electron chi connectivity index (χ4n) is 3.98. The number of nitrogens with zero attached hydrogens (tertiary/aromatic N) is 1. The number of benzene rings is 3. The maximum Gasteiger partial charge on any atom is 0.270 e. The van der Waals surface area contributed by atoms with E-state index in [0.29, 0.717) is 45.5 Å². The van der Waals surface area contributed by atoms with Gasteiger partial charge in [-0.1, -0.05) is 18.2 Å². The van der Waals surface area contributed by atoms with Crippen molar-refractivity contribution in [1.29, 1.82) is 0 Å². The SMILES string of the molecule is CCN1c2cc(OC)c(OC)cc2C(C)=C(C(=O)Nc2ccc(Oc3ccccc3)cc2)S1(=O)=O. The van der Waals surface area contributed by atoms with Gasteiger partial charge in [0, 0.05) is 23.9 Å². The highest BCUT2D eigenvalue weighted by Gasteiger charge is 2.39. The quantitative estimate of drug-likeness (QED) is 0.495. The minimum absolute atomic E-state index is 0.139. The van der Waals surface area contributed by atoms with Gasteiger partial charge in [-0.25, -0.2) is 8.42 Å². The van der Waals surface area contributed by atoms with E-state index in [0.717, 1.165) is 0 Å². The number of hydrogen-bond acceptors (Lipinski definition) is 6. The van der Waals surface area contributed by atoms with E-state index in [9.17, 15) is 13.2 Å². The van der Waals surface area contributed by atoms with Crippen molar-refractivity contribution < 1.29 is 27.4 Å². The third-order valence-corrected chi connectivity index (χ3v) is 7.69. The van der Waals surface area contributed by atoms with Crippen molar-refractivity contribution in [3.05, 3.63) is 77.2 Å². The van der Waals surface area contributed by atoms with Crippen LogP contribution in [0.5, 0.6) is 23.0 Å². The zero-order valence-electron chi connectivity index (χ0n) is 19.9. The van der Waals surface area contributed by atoms with Crippen molar-refractivity contribution >= 4 is 32.9 Å². The number of para-hydroxylation sites is 1. The number of sulfonamides is 1. The number of fused-ring (bicyclic) bond motifs is 1. The van der Waals surface area contributed by atoms with Crippen LogP contribution >= 0.6 is 0 Å². The zero-order valence-corrected chi connectivity index (χ0v) is 20.7. The molecule has 35 heavy (non-hydrogen) atoms. The molecule has 0 radical (unpaired) electrons. The van der Waals surface area contributed by atoms with E-state index in [4.69, 9.17) is 14.2 Å². The summed E-state index contributed by atoms with van der Waals surface area (Å²) in [4.78, 5) is 12.9. The van der Waals surface area contributed by atoms with Crippen LogP contribution in [-0.2, 0) is 14.8 Å². The average molecular weight is 495 g/mol. The molecule has 1 N–H and O–H groups in total. The summed E-state index contributed by atoms with van der Waals surface area (Å²) in [5, 5.41) is 2.70. The second-order valence-electron chi connectivity index (χ2n) is 7.74. The van der Waals surface area contributed by atoms with Crippen LogP contribution < -0.4 is 23.8 Å². The molecule has 0 bridgehead atoms. The van der Waals surface area contributed by atoms with E-state index in [1.807, 2.05) is 30.3 Å². The molecule has 9 heteroatoms. The number of amides is 1. The summed E-state index contributed by atoms with van der Waals surface area (Å²) in [6.45, 7) is 3.46. The Morgan fingerprint density at radius 1 is 0.914 bits per heavy atom. The first-order valence-electron chi connectivity index (χ1n) is 10.9. The van der Waals surface area contributed by atoms with E-state index < -0.39 is 15.9 Å². The van der Waals surface area contributed by atoms with Gasteiger partial charge in [0.15, 0.2) is 16.4 Å². The van der Waals surface area contributed by atoms with Crippen LogP contribution in [-0.4, -0.2) is 35.1 Å². The molecule has 1 heterocycles. The molecule has 1 aliphatic heterocycles. The fraction of sp³-hybridized carbons (Fsp3) is 0.192. The molecular formula is C26H26N2O6S. The van der Waals surface area contributed by atoms with Crippen LogP contribution in [0.15, 0.2) is 71.6 Å². The van der Waals surface area contributed by atoms with Gasteiger partial charge >= 0.3 is 0 Å². The number of rotatable bonds is 7. The van der Waals surface area contributed by atoms with Gasteiger partial charge in [0.1, 0.15) is 11.5 Å². The Labute approximate surface area is 204 Å². The lowest BCUT2D eigenvalue weighted by Crippen LogP contribution is -2.39. The fourth-order valence-corrected chi connectivity index (χ4v) is 5.73. The number of methoxy groups -OCH3 is 2. The van der Waals surface area contributed by atoms with Crippen molar-refractivity contribution in [2.24, 2.45) is 0 Å². The number of allylic oxidation sites excluding steroid dienone is 1. The number of nitrogens with one attached hydrogen (secondary N) is 1. The minimum Gasteiger partial charge on any atom is -0.493 e. The molecule has 0 saturated carbocycles. The summed E-state index contributed by atoms with van der Waals surface area (Å²) >= 11 is 0. The first-order chi connectivity index (χ1) is 16.8. The molecule has 0 unspecified atom stereocenters. The van der Waals surface area contributed by atoms with E-state index in [-0.39, 0.29) is 11.4 Å². The number of hydrogen-bond donors (Lipinski definition) is 1. The van der Waals surface area contributed by atoms with Gasteiger partial charge in [-0.3, -0.25) is 9.10 Å². The van der Waals surface area contributed by atoms with Gasteiger partial charge in [-0.05, 0) is 61.9 Å².